The molecule has 10 nitrogen and oxygen atoms in total. The third-order valence-electron chi connectivity index (χ3n) is 6.15. The predicted octanol–water partition coefficient (Wildman–Crippen LogP) is 1.89. The number of fused-ring (bicyclic) bond motifs is 1. The van der Waals surface area contributed by atoms with Crippen LogP contribution in [0.15, 0.2) is 47.5 Å². The lowest BCUT2D eigenvalue weighted by Crippen LogP contribution is -2.50. The fourth-order valence-corrected chi connectivity index (χ4v) is 4.46. The molecule has 1 aromatic heterocycles. The van der Waals surface area contributed by atoms with Gasteiger partial charge >= 0.3 is 0 Å². The van der Waals surface area contributed by atoms with Gasteiger partial charge in [-0.25, -0.2) is 23.3 Å². The van der Waals surface area contributed by atoms with Crippen molar-refractivity contribution in [2.24, 2.45) is 0 Å². The number of hydrogen-bond donors (Lipinski definition) is 2. The molecule has 0 radical (unpaired) electrons. The van der Waals surface area contributed by atoms with Gasteiger partial charge in [0.1, 0.15) is 5.52 Å². The molecule has 0 aliphatic carbocycles. The summed E-state index contributed by atoms with van der Waals surface area (Å²) in [4.78, 5) is 34.1. The van der Waals surface area contributed by atoms with Crippen LogP contribution in [0, 0.1) is 5.82 Å². The molecule has 0 spiro atoms. The second-order valence-electron chi connectivity index (χ2n) is 8.43. The van der Waals surface area contributed by atoms with Gasteiger partial charge in [-0.3, -0.25) is 19.4 Å². The number of rotatable bonds is 9. The maximum Gasteiger partial charge on any atom is 0.264 e. The minimum atomic E-state index is -3.93. The van der Waals surface area contributed by atoms with Gasteiger partial charge in [-0.2, -0.15) is 5.06 Å². The number of hydrogen-bond acceptors (Lipinski definition) is 8. The van der Waals surface area contributed by atoms with Gasteiger partial charge in [0, 0.05) is 32.0 Å². The lowest BCUT2D eigenvalue weighted by atomic mass is 10.0. The fraction of sp³-hybridized carbons (Fsp3) is 0.348. The summed E-state index contributed by atoms with van der Waals surface area (Å²) in [5.74, 6) is -1.77. The summed E-state index contributed by atoms with van der Waals surface area (Å²) < 4.78 is 38.7. The van der Waals surface area contributed by atoms with Crippen molar-refractivity contribution >= 4 is 26.6 Å². The van der Waals surface area contributed by atoms with Gasteiger partial charge in [0.05, 0.1) is 18.8 Å². The molecular weight excluding hydrogens is 479 g/mol. The molecule has 0 fully saturated rings. The zero-order valence-electron chi connectivity index (χ0n) is 19.8. The van der Waals surface area contributed by atoms with Crippen molar-refractivity contribution in [1.82, 2.24) is 20.1 Å². The molecule has 188 valence electrons. The molecule has 2 aromatic carbocycles. The number of amides is 1. The van der Waals surface area contributed by atoms with E-state index >= 15 is 4.39 Å². The maximum absolute atomic E-state index is 15.3. The van der Waals surface area contributed by atoms with Crippen LogP contribution in [-0.2, 0) is 32.6 Å². The zero-order chi connectivity index (χ0) is 26.0. The van der Waals surface area contributed by atoms with Gasteiger partial charge in [0.2, 0.25) is 0 Å². The highest BCUT2D eigenvalue weighted by molar-refractivity contribution is 7.92. The Morgan fingerprint density at radius 2 is 1.91 bits per heavy atom. The normalized spacial score (nSPS) is 13.7. The van der Waals surface area contributed by atoms with Crippen molar-refractivity contribution in [3.63, 3.8) is 0 Å². The van der Waals surface area contributed by atoms with Crippen LogP contribution < -0.4 is 11.0 Å². The van der Waals surface area contributed by atoms with Gasteiger partial charge in [-0.15, -0.1) is 0 Å². The quantitative estimate of drug-likeness (QED) is 0.332. The van der Waals surface area contributed by atoms with E-state index in [2.05, 4.69) is 4.98 Å². The Labute approximate surface area is 201 Å². The smallest absolute Gasteiger partial charge is 0.264 e. The third-order valence-corrected chi connectivity index (χ3v) is 8.17. The molecular formula is C23H27FN4O6S. The van der Waals surface area contributed by atoms with Crippen molar-refractivity contribution in [3.05, 3.63) is 64.5 Å². The Balaban J connectivity index is 1.93. The number of hydroxylamine groups is 3. The molecule has 3 rings (SSSR count). The number of aromatic nitrogens is 2. The van der Waals surface area contributed by atoms with E-state index in [4.69, 9.17) is 10.0 Å². The van der Waals surface area contributed by atoms with Crippen LogP contribution in [0.1, 0.15) is 18.9 Å². The molecule has 35 heavy (non-hydrogen) atoms. The average molecular weight is 507 g/mol. The molecule has 1 amide bonds. The first-order valence-corrected chi connectivity index (χ1v) is 12.5. The average Bonchev–Trinajstić information content (AvgIpc) is 2.83. The SMILES string of the molecule is CON(C)Cc1ccc(-c2ccc3c(=O)n(CC[C@](C)(C(=O)NO)S(C)(=O)=O)cnc3c2F)cc1. The molecule has 0 aliphatic heterocycles. The number of carbonyl (C=O) groups excluding carboxylic acids is 1. The molecule has 12 heteroatoms. The van der Waals surface area contributed by atoms with Gasteiger partial charge in [-0.05, 0) is 30.5 Å². The van der Waals surface area contributed by atoms with E-state index in [0.29, 0.717) is 12.1 Å². The first kappa shape index (κ1) is 26.4. The van der Waals surface area contributed by atoms with E-state index < -0.39 is 31.9 Å². The standard InChI is InChI=1S/C23H27FN4O6S/c1-23(22(30)26-31,35(4,32)33)11-12-28-14-25-20-18(21(28)29)10-9-17(19(20)24)16-7-5-15(6-8-16)13-27(2)34-3/h5-10,14,31H,11-13H2,1-4H3,(H,26,30)/t23-/m1/s1. The number of sulfone groups is 1. The summed E-state index contributed by atoms with van der Waals surface area (Å²) in [5, 5.41) is 10.6. The Kier molecular flexibility index (Phi) is 7.70. The van der Waals surface area contributed by atoms with E-state index in [1.54, 1.807) is 31.4 Å². The minimum Gasteiger partial charge on any atom is -0.302 e. The van der Waals surface area contributed by atoms with E-state index in [9.17, 15) is 18.0 Å². The molecule has 0 unspecified atom stereocenters. The lowest BCUT2D eigenvalue weighted by molar-refractivity contribution is -0.131. The predicted molar refractivity (Wildman–Crippen MR) is 128 cm³/mol. The van der Waals surface area contributed by atoms with E-state index in [1.165, 1.54) is 17.6 Å². The molecule has 0 aliphatic rings. The number of nitrogens with one attached hydrogen (secondary N) is 1. The topological polar surface area (TPSA) is 131 Å². The van der Waals surface area contributed by atoms with Crippen LogP contribution in [-0.4, -0.2) is 59.3 Å². The maximum atomic E-state index is 15.3. The van der Waals surface area contributed by atoms with Crippen LogP contribution >= 0.6 is 0 Å². The van der Waals surface area contributed by atoms with Crippen molar-refractivity contribution < 1.29 is 27.6 Å². The molecule has 0 bridgehead atoms. The van der Waals surface area contributed by atoms with Gasteiger partial charge < -0.3 is 4.84 Å². The highest BCUT2D eigenvalue weighted by atomic mass is 32.2. The highest BCUT2D eigenvalue weighted by Crippen LogP contribution is 2.28. The Bertz CT molecular complexity index is 1410. The number of nitrogens with zero attached hydrogens (tertiary/aromatic N) is 3. The van der Waals surface area contributed by atoms with Crippen LogP contribution in [0.4, 0.5) is 4.39 Å². The molecule has 0 saturated carbocycles. The number of halogens is 1. The number of carbonyl (C=O) groups is 1. The van der Waals surface area contributed by atoms with Gasteiger partial charge in [0.25, 0.3) is 11.5 Å². The molecule has 3 aromatic rings. The second kappa shape index (κ2) is 10.2. The summed E-state index contributed by atoms with van der Waals surface area (Å²) in [5.41, 5.74) is 2.51. The monoisotopic (exact) mass is 506 g/mol. The van der Waals surface area contributed by atoms with Crippen LogP contribution in [0.3, 0.4) is 0 Å². The summed E-state index contributed by atoms with van der Waals surface area (Å²) >= 11 is 0. The van der Waals surface area contributed by atoms with Crippen LogP contribution in [0.25, 0.3) is 22.0 Å². The minimum absolute atomic E-state index is 0.0137. The first-order chi connectivity index (χ1) is 16.4. The van der Waals surface area contributed by atoms with Crippen molar-refractivity contribution in [3.8, 4) is 11.1 Å². The Hall–Kier alpha value is -3.19. The van der Waals surface area contributed by atoms with E-state index in [-0.39, 0.29) is 29.4 Å². The van der Waals surface area contributed by atoms with E-state index in [1.807, 2.05) is 12.1 Å². The Morgan fingerprint density at radius 3 is 2.49 bits per heavy atom. The number of benzene rings is 2. The first-order valence-electron chi connectivity index (χ1n) is 10.6. The van der Waals surface area contributed by atoms with Crippen molar-refractivity contribution in [2.45, 2.75) is 31.2 Å². The largest absolute Gasteiger partial charge is 0.302 e. The molecule has 1 atom stereocenters. The third kappa shape index (κ3) is 5.25. The second-order valence-corrected chi connectivity index (χ2v) is 10.9. The Morgan fingerprint density at radius 1 is 1.26 bits per heavy atom. The molecule has 2 N–H and O–H groups in total. The highest BCUT2D eigenvalue weighted by Gasteiger charge is 2.43. The van der Waals surface area contributed by atoms with Crippen LogP contribution in [0.5, 0.6) is 0 Å². The van der Waals surface area contributed by atoms with Crippen molar-refractivity contribution in [2.75, 3.05) is 20.4 Å². The molecule has 0 saturated heterocycles. The van der Waals surface area contributed by atoms with Gasteiger partial charge in [0.15, 0.2) is 20.4 Å². The summed E-state index contributed by atoms with van der Waals surface area (Å²) in [6.45, 7) is 1.51. The summed E-state index contributed by atoms with van der Waals surface area (Å²) in [7, 11) is -0.578. The van der Waals surface area contributed by atoms with Crippen LogP contribution in [0.2, 0.25) is 0 Å². The van der Waals surface area contributed by atoms with Crippen molar-refractivity contribution in [1.29, 1.82) is 0 Å². The summed E-state index contributed by atoms with van der Waals surface area (Å²) in [6, 6.07) is 10.2. The fourth-order valence-electron chi connectivity index (χ4n) is 3.61. The van der Waals surface area contributed by atoms with E-state index in [0.717, 1.165) is 29.6 Å². The lowest BCUT2D eigenvalue weighted by Gasteiger charge is -2.25. The number of aryl methyl sites for hydroxylation is 1. The zero-order valence-corrected chi connectivity index (χ0v) is 20.6. The molecule has 1 heterocycles. The van der Waals surface area contributed by atoms with Gasteiger partial charge in [-0.1, -0.05) is 30.3 Å². The summed E-state index contributed by atoms with van der Waals surface area (Å²) in [6.07, 6.45) is 1.67.